The number of hydrogen-bond acceptors (Lipinski definition) is 5. The van der Waals surface area contributed by atoms with Crippen LogP contribution in [0.15, 0.2) is 29.4 Å². The van der Waals surface area contributed by atoms with E-state index in [0.29, 0.717) is 12.1 Å². The second-order valence-corrected chi connectivity index (χ2v) is 10.3. The molecule has 0 N–H and O–H groups in total. The van der Waals surface area contributed by atoms with Crippen molar-refractivity contribution >= 4 is 17.7 Å². The Labute approximate surface area is 209 Å². The molecule has 0 aliphatic carbocycles. The first-order chi connectivity index (χ1) is 16.5. The summed E-state index contributed by atoms with van der Waals surface area (Å²) in [5.41, 5.74) is 4.76. The Bertz CT molecular complexity index is 1020. The zero-order valence-corrected chi connectivity index (χ0v) is 22.0. The van der Waals surface area contributed by atoms with E-state index in [9.17, 15) is 4.79 Å². The number of carbonyl (C=O) groups excluding carboxylic acids is 1. The standard InChI is InChI=1S/C29H38N2O2S/c1-5-9-10-11-13-22-19-26-25(29(7-3,8-4)16-17-34-26)18-23(22)14-15-24-20-31-27(21-30-24)33-28(32)12-6-2/h18-21H,5-13,16-17H2,1-4H3. The molecule has 0 amide bonds. The Kier molecular flexibility index (Phi) is 10.0. The molecule has 34 heavy (non-hydrogen) atoms. The van der Waals surface area contributed by atoms with E-state index in [1.807, 2.05) is 18.7 Å². The number of fused-ring (bicyclic) bond motifs is 1. The van der Waals surface area contributed by atoms with E-state index in [1.165, 1.54) is 60.1 Å². The average Bonchev–Trinajstić information content (AvgIpc) is 2.86. The van der Waals surface area contributed by atoms with Gasteiger partial charge in [-0.25, -0.2) is 9.97 Å². The SMILES string of the molecule is CCCCCCc1cc2c(cc1C#Cc1cnc(OC(=O)CCC)cn1)C(CC)(CC)CCS2. The third kappa shape index (κ3) is 6.63. The smallest absolute Gasteiger partial charge is 0.312 e. The van der Waals surface area contributed by atoms with Gasteiger partial charge in [0.15, 0.2) is 0 Å². The van der Waals surface area contributed by atoms with Crippen LogP contribution in [0.5, 0.6) is 5.88 Å². The van der Waals surface area contributed by atoms with Gasteiger partial charge < -0.3 is 4.74 Å². The molecule has 1 aromatic carbocycles. The predicted octanol–water partition coefficient (Wildman–Crippen LogP) is 7.26. The summed E-state index contributed by atoms with van der Waals surface area (Å²) in [6, 6.07) is 4.78. The van der Waals surface area contributed by atoms with Gasteiger partial charge >= 0.3 is 5.97 Å². The number of esters is 1. The van der Waals surface area contributed by atoms with Crippen LogP contribution in [0.1, 0.15) is 108 Å². The second kappa shape index (κ2) is 13.0. The molecule has 1 aliphatic rings. The summed E-state index contributed by atoms with van der Waals surface area (Å²) in [5.74, 6) is 7.76. The van der Waals surface area contributed by atoms with Crippen molar-refractivity contribution in [2.75, 3.05) is 5.75 Å². The minimum Gasteiger partial charge on any atom is -0.406 e. The number of carbonyl (C=O) groups is 1. The molecule has 4 nitrogen and oxygen atoms in total. The van der Waals surface area contributed by atoms with Crippen LogP contribution in [0.2, 0.25) is 0 Å². The highest BCUT2D eigenvalue weighted by atomic mass is 32.2. The molecule has 0 fully saturated rings. The van der Waals surface area contributed by atoms with E-state index >= 15 is 0 Å². The Balaban J connectivity index is 1.90. The third-order valence-electron chi connectivity index (χ3n) is 6.89. The molecule has 2 aromatic rings. The second-order valence-electron chi connectivity index (χ2n) is 9.12. The maximum atomic E-state index is 11.7. The number of aromatic nitrogens is 2. The first kappa shape index (κ1) is 26.3. The largest absolute Gasteiger partial charge is 0.406 e. The number of nitrogens with zero attached hydrogens (tertiary/aromatic N) is 2. The van der Waals surface area contributed by atoms with Crippen molar-refractivity contribution in [3.63, 3.8) is 0 Å². The van der Waals surface area contributed by atoms with Gasteiger partial charge in [0.05, 0.1) is 12.4 Å². The van der Waals surface area contributed by atoms with Gasteiger partial charge in [-0.05, 0) is 78.9 Å². The summed E-state index contributed by atoms with van der Waals surface area (Å²) in [4.78, 5) is 21.7. The van der Waals surface area contributed by atoms with Crippen LogP contribution in [0.3, 0.4) is 0 Å². The molecule has 2 heterocycles. The minimum atomic E-state index is -0.286. The fraction of sp³-hybridized carbons (Fsp3) is 0.552. The van der Waals surface area contributed by atoms with Gasteiger partial charge in [0.2, 0.25) is 5.88 Å². The van der Waals surface area contributed by atoms with E-state index in [1.54, 1.807) is 6.20 Å². The lowest BCUT2D eigenvalue weighted by molar-refractivity contribution is -0.134. The molecule has 0 saturated heterocycles. The molecule has 0 spiro atoms. The molecule has 5 heteroatoms. The monoisotopic (exact) mass is 478 g/mol. The van der Waals surface area contributed by atoms with E-state index in [4.69, 9.17) is 4.74 Å². The number of unbranched alkanes of at least 4 members (excludes halogenated alkanes) is 3. The normalized spacial score (nSPS) is 14.1. The van der Waals surface area contributed by atoms with Crippen LogP contribution in [-0.4, -0.2) is 21.7 Å². The van der Waals surface area contributed by atoms with Crippen LogP contribution >= 0.6 is 11.8 Å². The molecular formula is C29H38N2O2S. The number of hydrogen-bond donors (Lipinski definition) is 0. The summed E-state index contributed by atoms with van der Waals surface area (Å²) >= 11 is 2.00. The van der Waals surface area contributed by atoms with E-state index in [2.05, 4.69) is 54.7 Å². The van der Waals surface area contributed by atoms with E-state index < -0.39 is 0 Å². The minimum absolute atomic E-state index is 0.224. The number of benzene rings is 1. The van der Waals surface area contributed by atoms with Crippen molar-refractivity contribution in [2.45, 2.75) is 102 Å². The fourth-order valence-electron chi connectivity index (χ4n) is 4.63. The van der Waals surface area contributed by atoms with Crippen LogP contribution < -0.4 is 4.74 Å². The van der Waals surface area contributed by atoms with Crippen molar-refractivity contribution in [1.29, 1.82) is 0 Å². The Morgan fingerprint density at radius 1 is 1.03 bits per heavy atom. The first-order valence-electron chi connectivity index (χ1n) is 12.9. The summed E-state index contributed by atoms with van der Waals surface area (Å²) in [6.45, 7) is 8.82. The van der Waals surface area contributed by atoms with Gasteiger partial charge in [0.1, 0.15) is 5.69 Å². The number of rotatable bonds is 10. The Morgan fingerprint density at radius 3 is 2.53 bits per heavy atom. The highest BCUT2D eigenvalue weighted by Crippen LogP contribution is 2.47. The lowest BCUT2D eigenvalue weighted by atomic mass is 9.72. The molecule has 3 rings (SSSR count). The highest BCUT2D eigenvalue weighted by molar-refractivity contribution is 7.99. The summed E-state index contributed by atoms with van der Waals surface area (Å²) < 4.78 is 5.20. The van der Waals surface area contributed by atoms with Crippen molar-refractivity contribution in [2.24, 2.45) is 0 Å². The van der Waals surface area contributed by atoms with E-state index in [0.717, 1.165) is 31.2 Å². The number of ether oxygens (including phenoxy) is 1. The summed E-state index contributed by atoms with van der Waals surface area (Å²) in [6.07, 6.45) is 13.7. The lowest BCUT2D eigenvalue weighted by Crippen LogP contribution is -2.29. The maximum absolute atomic E-state index is 11.7. The van der Waals surface area contributed by atoms with Crippen molar-refractivity contribution in [3.05, 3.63) is 46.9 Å². The molecule has 0 unspecified atom stereocenters. The quantitative estimate of drug-likeness (QED) is 0.204. The van der Waals surface area contributed by atoms with Gasteiger partial charge in [-0.2, -0.15) is 0 Å². The fourth-order valence-corrected chi connectivity index (χ4v) is 6.00. The molecule has 182 valence electrons. The zero-order chi connectivity index (χ0) is 24.4. The molecule has 1 aromatic heterocycles. The summed E-state index contributed by atoms with van der Waals surface area (Å²) in [7, 11) is 0. The van der Waals surface area contributed by atoms with Crippen molar-refractivity contribution in [1.82, 2.24) is 9.97 Å². The van der Waals surface area contributed by atoms with Crippen LogP contribution in [-0.2, 0) is 16.6 Å². The molecule has 0 saturated carbocycles. The highest BCUT2D eigenvalue weighted by Gasteiger charge is 2.34. The van der Waals surface area contributed by atoms with Crippen molar-refractivity contribution in [3.8, 4) is 17.7 Å². The van der Waals surface area contributed by atoms with Gasteiger partial charge in [0, 0.05) is 16.9 Å². The Morgan fingerprint density at radius 2 is 1.85 bits per heavy atom. The van der Waals surface area contributed by atoms with Crippen LogP contribution in [0.4, 0.5) is 0 Å². The van der Waals surface area contributed by atoms with E-state index in [-0.39, 0.29) is 17.3 Å². The maximum Gasteiger partial charge on any atom is 0.312 e. The molecule has 0 bridgehead atoms. The summed E-state index contributed by atoms with van der Waals surface area (Å²) in [5, 5.41) is 0. The van der Waals surface area contributed by atoms with Gasteiger partial charge in [-0.1, -0.05) is 52.9 Å². The van der Waals surface area contributed by atoms with Gasteiger partial charge in [-0.3, -0.25) is 4.79 Å². The van der Waals surface area contributed by atoms with Crippen LogP contribution in [0.25, 0.3) is 0 Å². The topological polar surface area (TPSA) is 52.1 Å². The average molecular weight is 479 g/mol. The van der Waals surface area contributed by atoms with Gasteiger partial charge in [0.25, 0.3) is 0 Å². The molecule has 0 atom stereocenters. The van der Waals surface area contributed by atoms with Gasteiger partial charge in [-0.15, -0.1) is 11.8 Å². The number of thioether (sulfide) groups is 1. The first-order valence-corrected chi connectivity index (χ1v) is 13.9. The third-order valence-corrected chi connectivity index (χ3v) is 7.95. The molecule has 0 radical (unpaired) electrons. The zero-order valence-electron chi connectivity index (χ0n) is 21.2. The van der Waals surface area contributed by atoms with Crippen LogP contribution in [0, 0.1) is 11.8 Å². The Hall–Kier alpha value is -2.32. The lowest BCUT2D eigenvalue weighted by Gasteiger charge is -2.38. The van der Waals surface area contributed by atoms with Crippen molar-refractivity contribution < 1.29 is 9.53 Å². The molecular weight excluding hydrogens is 440 g/mol. The number of aryl methyl sites for hydroxylation is 1. The molecule has 1 aliphatic heterocycles. The predicted molar refractivity (Wildman–Crippen MR) is 140 cm³/mol.